The second kappa shape index (κ2) is 8.02. The summed E-state index contributed by atoms with van der Waals surface area (Å²) in [6.45, 7) is 5.37. The molecule has 22 heavy (non-hydrogen) atoms. The Morgan fingerprint density at radius 2 is 2.09 bits per heavy atom. The van der Waals surface area contributed by atoms with Crippen LogP contribution >= 0.6 is 0 Å². The highest BCUT2D eigenvalue weighted by molar-refractivity contribution is 5.81. The van der Waals surface area contributed by atoms with Gasteiger partial charge in [0.25, 0.3) is 0 Å². The van der Waals surface area contributed by atoms with Crippen LogP contribution in [-0.2, 0) is 4.79 Å². The van der Waals surface area contributed by atoms with Crippen molar-refractivity contribution in [2.45, 2.75) is 46.0 Å². The Balaban J connectivity index is 1.78. The molecule has 1 aliphatic carbocycles. The zero-order valence-electron chi connectivity index (χ0n) is 14.1. The lowest BCUT2D eigenvalue weighted by atomic mass is 9.97. The van der Waals surface area contributed by atoms with Crippen LogP contribution in [0, 0.1) is 13.8 Å². The fraction of sp³-hybridized carbons (Fsp3) is 0.526. The Morgan fingerprint density at radius 1 is 1.27 bits per heavy atom. The first-order valence-corrected chi connectivity index (χ1v) is 8.30. The summed E-state index contributed by atoms with van der Waals surface area (Å²) in [5.74, 6) is 0.0971. The molecule has 0 aliphatic heterocycles. The molecule has 120 valence electrons. The molecule has 1 aliphatic rings. The maximum atomic E-state index is 12.1. The summed E-state index contributed by atoms with van der Waals surface area (Å²) in [6, 6.07) is 6.22. The monoisotopic (exact) mass is 300 g/mol. The SMILES string of the molecule is Cc1cccc(N(C)CC(=O)NCCC2=CCCCC2)c1C. The van der Waals surface area contributed by atoms with Crippen LogP contribution in [0.2, 0.25) is 0 Å². The average molecular weight is 300 g/mol. The van der Waals surface area contributed by atoms with Gasteiger partial charge in [0.15, 0.2) is 0 Å². The van der Waals surface area contributed by atoms with Gasteiger partial charge in [0.05, 0.1) is 6.54 Å². The van der Waals surface area contributed by atoms with Gasteiger partial charge in [-0.25, -0.2) is 0 Å². The molecule has 0 aromatic heterocycles. The lowest BCUT2D eigenvalue weighted by Crippen LogP contribution is -2.36. The van der Waals surface area contributed by atoms with Crippen LogP contribution in [0.4, 0.5) is 5.69 Å². The summed E-state index contributed by atoms with van der Waals surface area (Å²) >= 11 is 0. The van der Waals surface area contributed by atoms with Crippen molar-refractivity contribution in [2.24, 2.45) is 0 Å². The van der Waals surface area contributed by atoms with E-state index in [2.05, 4.69) is 37.4 Å². The molecule has 0 unspecified atom stereocenters. The van der Waals surface area contributed by atoms with E-state index in [9.17, 15) is 4.79 Å². The number of nitrogens with one attached hydrogen (secondary N) is 1. The summed E-state index contributed by atoms with van der Waals surface area (Å²) in [5, 5.41) is 3.04. The van der Waals surface area contributed by atoms with E-state index in [0.29, 0.717) is 6.54 Å². The maximum Gasteiger partial charge on any atom is 0.239 e. The first-order valence-electron chi connectivity index (χ1n) is 8.30. The predicted octanol–water partition coefficient (Wildman–Crippen LogP) is 3.75. The lowest BCUT2D eigenvalue weighted by Gasteiger charge is -2.22. The van der Waals surface area contributed by atoms with Crippen molar-refractivity contribution in [3.05, 3.63) is 41.0 Å². The molecular weight excluding hydrogens is 272 g/mol. The molecule has 2 rings (SSSR count). The number of benzene rings is 1. The highest BCUT2D eigenvalue weighted by atomic mass is 16.2. The maximum absolute atomic E-state index is 12.1. The van der Waals surface area contributed by atoms with Crippen LogP contribution in [0.1, 0.15) is 43.2 Å². The third-order valence-corrected chi connectivity index (χ3v) is 4.52. The molecule has 0 spiro atoms. The number of hydrogen-bond acceptors (Lipinski definition) is 2. The minimum absolute atomic E-state index is 0.0971. The van der Waals surface area contributed by atoms with Crippen molar-refractivity contribution >= 4 is 11.6 Å². The van der Waals surface area contributed by atoms with Gasteiger partial charge in [0, 0.05) is 19.3 Å². The normalized spacial score (nSPS) is 14.4. The molecular formula is C19H28N2O. The van der Waals surface area contributed by atoms with Crippen LogP contribution in [0.25, 0.3) is 0 Å². The molecule has 0 atom stereocenters. The Morgan fingerprint density at radius 3 is 2.82 bits per heavy atom. The number of likely N-dealkylation sites (N-methyl/N-ethyl adjacent to an activating group) is 1. The molecule has 1 N–H and O–H groups in total. The summed E-state index contributed by atoms with van der Waals surface area (Å²) in [7, 11) is 1.98. The Hall–Kier alpha value is -1.77. The van der Waals surface area contributed by atoms with E-state index < -0.39 is 0 Å². The molecule has 3 heteroatoms. The number of aryl methyl sites for hydroxylation is 1. The van der Waals surface area contributed by atoms with E-state index >= 15 is 0 Å². The number of nitrogens with zero attached hydrogens (tertiary/aromatic N) is 1. The summed E-state index contributed by atoms with van der Waals surface area (Å²) in [5.41, 5.74) is 5.14. The number of amides is 1. The minimum atomic E-state index is 0.0971. The number of anilines is 1. The van der Waals surface area contributed by atoms with Crippen molar-refractivity contribution in [1.82, 2.24) is 5.32 Å². The first-order chi connectivity index (χ1) is 10.6. The third-order valence-electron chi connectivity index (χ3n) is 4.52. The predicted molar refractivity (Wildman–Crippen MR) is 93.4 cm³/mol. The van der Waals surface area contributed by atoms with E-state index in [1.165, 1.54) is 42.4 Å². The van der Waals surface area contributed by atoms with Crippen molar-refractivity contribution in [1.29, 1.82) is 0 Å². The standard InChI is InChI=1S/C19H28N2O/c1-15-8-7-11-18(16(15)2)21(3)14-19(22)20-13-12-17-9-5-4-6-10-17/h7-9,11H,4-6,10,12-14H2,1-3H3,(H,20,22). The number of carbonyl (C=O) groups excluding carboxylic acids is 1. The highest BCUT2D eigenvalue weighted by Crippen LogP contribution is 2.21. The Kier molecular flexibility index (Phi) is 6.05. The molecule has 0 fully saturated rings. The fourth-order valence-electron chi connectivity index (χ4n) is 3.00. The zero-order valence-corrected chi connectivity index (χ0v) is 14.1. The molecule has 3 nitrogen and oxygen atoms in total. The average Bonchev–Trinajstić information content (AvgIpc) is 2.51. The first kappa shape index (κ1) is 16.6. The number of carbonyl (C=O) groups is 1. The van der Waals surface area contributed by atoms with Crippen LogP contribution in [0.15, 0.2) is 29.8 Å². The van der Waals surface area contributed by atoms with Gasteiger partial charge in [0.1, 0.15) is 0 Å². The fourth-order valence-corrected chi connectivity index (χ4v) is 3.00. The molecule has 1 amide bonds. The topological polar surface area (TPSA) is 32.3 Å². The van der Waals surface area contributed by atoms with Crippen LogP contribution in [0.5, 0.6) is 0 Å². The quantitative estimate of drug-likeness (QED) is 0.812. The van der Waals surface area contributed by atoms with E-state index in [1.54, 1.807) is 0 Å². The van der Waals surface area contributed by atoms with Crippen LogP contribution in [-0.4, -0.2) is 26.0 Å². The van der Waals surface area contributed by atoms with Crippen molar-refractivity contribution in [3.63, 3.8) is 0 Å². The van der Waals surface area contributed by atoms with Crippen LogP contribution < -0.4 is 10.2 Å². The number of allylic oxidation sites excluding steroid dienone is 1. The number of rotatable bonds is 6. The molecule has 0 saturated heterocycles. The molecule has 0 radical (unpaired) electrons. The molecule has 0 saturated carbocycles. The van der Waals surface area contributed by atoms with Gasteiger partial charge in [-0.15, -0.1) is 0 Å². The summed E-state index contributed by atoms with van der Waals surface area (Å²) in [4.78, 5) is 14.1. The van der Waals surface area contributed by atoms with Gasteiger partial charge in [0.2, 0.25) is 5.91 Å². The van der Waals surface area contributed by atoms with Gasteiger partial charge in [-0.1, -0.05) is 23.8 Å². The van der Waals surface area contributed by atoms with Crippen molar-refractivity contribution in [2.75, 3.05) is 25.0 Å². The van der Waals surface area contributed by atoms with Crippen molar-refractivity contribution in [3.8, 4) is 0 Å². The van der Waals surface area contributed by atoms with Gasteiger partial charge in [-0.2, -0.15) is 0 Å². The second-order valence-electron chi connectivity index (χ2n) is 6.28. The minimum Gasteiger partial charge on any atom is -0.365 e. The summed E-state index contributed by atoms with van der Waals surface area (Å²) in [6.07, 6.45) is 8.37. The van der Waals surface area contributed by atoms with E-state index in [-0.39, 0.29) is 5.91 Å². The Labute approximate surface area is 134 Å². The van der Waals surface area contributed by atoms with Gasteiger partial charge < -0.3 is 10.2 Å². The van der Waals surface area contributed by atoms with Crippen molar-refractivity contribution < 1.29 is 4.79 Å². The lowest BCUT2D eigenvalue weighted by molar-refractivity contribution is -0.119. The van der Waals surface area contributed by atoms with Gasteiger partial charge in [-0.3, -0.25) is 4.79 Å². The smallest absolute Gasteiger partial charge is 0.239 e. The van der Waals surface area contributed by atoms with E-state index in [0.717, 1.165) is 18.7 Å². The van der Waals surface area contributed by atoms with E-state index in [4.69, 9.17) is 0 Å². The van der Waals surface area contributed by atoms with Gasteiger partial charge >= 0.3 is 0 Å². The summed E-state index contributed by atoms with van der Waals surface area (Å²) < 4.78 is 0. The largest absolute Gasteiger partial charge is 0.365 e. The second-order valence-corrected chi connectivity index (χ2v) is 6.28. The third kappa shape index (κ3) is 4.62. The van der Waals surface area contributed by atoms with Gasteiger partial charge in [-0.05, 0) is 63.1 Å². The molecule has 1 aromatic rings. The Bertz CT molecular complexity index is 548. The molecule has 0 bridgehead atoms. The van der Waals surface area contributed by atoms with E-state index in [1.807, 2.05) is 18.0 Å². The molecule has 1 aromatic carbocycles. The zero-order chi connectivity index (χ0) is 15.9. The van der Waals surface area contributed by atoms with Crippen LogP contribution in [0.3, 0.4) is 0 Å². The highest BCUT2D eigenvalue weighted by Gasteiger charge is 2.10. The molecule has 0 heterocycles. The number of hydrogen-bond donors (Lipinski definition) is 1.